The van der Waals surface area contributed by atoms with Crippen LogP contribution in [0.5, 0.6) is 5.75 Å². The molecule has 2 heterocycles. The number of carbonyl (C=O) groups excluding carboxylic acids is 1. The zero-order chi connectivity index (χ0) is 24.8. The average Bonchev–Trinajstić information content (AvgIpc) is 2.86. The van der Waals surface area contributed by atoms with E-state index in [1.165, 1.54) is 36.4 Å². The number of hydrogen-bond acceptors (Lipinski definition) is 5. The number of benzene rings is 2. The van der Waals surface area contributed by atoms with Gasteiger partial charge in [-0.05, 0) is 66.6 Å². The fourth-order valence-corrected chi connectivity index (χ4v) is 3.38. The molecule has 8 heteroatoms. The molecule has 2 N–H and O–H groups in total. The number of ketones is 1. The van der Waals surface area contributed by atoms with Gasteiger partial charge >= 0.3 is 0 Å². The van der Waals surface area contributed by atoms with Gasteiger partial charge in [-0.1, -0.05) is 25.1 Å². The molecule has 4 aromatic rings. The highest BCUT2D eigenvalue weighted by Gasteiger charge is 2.09. The van der Waals surface area contributed by atoms with Crippen LogP contribution in [0.25, 0.3) is 12.2 Å². The molecule has 2 aromatic carbocycles. The van der Waals surface area contributed by atoms with Crippen LogP contribution >= 0.6 is 0 Å². The average molecular weight is 471 g/mol. The van der Waals surface area contributed by atoms with Crippen molar-refractivity contribution >= 4 is 17.9 Å². The Labute approximate surface area is 199 Å². The summed E-state index contributed by atoms with van der Waals surface area (Å²) < 4.78 is 18.8. The Morgan fingerprint density at radius 3 is 2.37 bits per heavy atom. The van der Waals surface area contributed by atoms with Gasteiger partial charge in [-0.15, -0.1) is 0 Å². The minimum absolute atomic E-state index is 0.0296. The Morgan fingerprint density at radius 1 is 0.943 bits per heavy atom. The van der Waals surface area contributed by atoms with Gasteiger partial charge in [0.15, 0.2) is 5.78 Å². The van der Waals surface area contributed by atoms with Gasteiger partial charge in [0.2, 0.25) is 0 Å². The van der Waals surface area contributed by atoms with Crippen molar-refractivity contribution in [3.8, 4) is 5.75 Å². The van der Waals surface area contributed by atoms with Crippen molar-refractivity contribution in [1.82, 2.24) is 15.0 Å². The van der Waals surface area contributed by atoms with E-state index in [1.54, 1.807) is 42.6 Å². The molecule has 35 heavy (non-hydrogen) atoms. The predicted molar refractivity (Wildman–Crippen MR) is 130 cm³/mol. The number of halogens is 1. The summed E-state index contributed by atoms with van der Waals surface area (Å²) in [5, 5.41) is 0.0643. The van der Waals surface area contributed by atoms with Crippen molar-refractivity contribution in [3.63, 3.8) is 0 Å². The minimum atomic E-state index is -0.516. The van der Waals surface area contributed by atoms with Crippen LogP contribution < -0.4 is 26.6 Å². The summed E-state index contributed by atoms with van der Waals surface area (Å²) in [6.45, 7) is 2.47. The number of ether oxygens (including phenoxy) is 1. The van der Waals surface area contributed by atoms with Crippen molar-refractivity contribution in [2.45, 2.75) is 13.3 Å². The Kier molecular flexibility index (Phi) is 7.11. The van der Waals surface area contributed by atoms with Crippen molar-refractivity contribution < 1.29 is 13.9 Å². The number of aromatic amines is 2. The molecule has 2 aromatic heterocycles. The highest BCUT2D eigenvalue weighted by molar-refractivity contribution is 6.09. The highest BCUT2D eigenvalue weighted by Crippen LogP contribution is 2.16. The smallest absolute Gasteiger partial charge is 0.272 e. The van der Waals surface area contributed by atoms with Gasteiger partial charge in [0.25, 0.3) is 11.1 Å². The summed E-state index contributed by atoms with van der Waals surface area (Å²) in [7, 11) is 0. The first-order chi connectivity index (χ1) is 16.9. The molecule has 7 nitrogen and oxygen atoms in total. The van der Waals surface area contributed by atoms with Crippen molar-refractivity contribution in [3.05, 3.63) is 126 Å². The molecule has 0 aliphatic heterocycles. The quantitative estimate of drug-likeness (QED) is 0.403. The minimum Gasteiger partial charge on any atom is -0.491 e. The lowest BCUT2D eigenvalue weighted by Gasteiger charge is -2.06. The van der Waals surface area contributed by atoms with E-state index in [2.05, 4.69) is 15.0 Å². The maximum atomic E-state index is 13.2. The number of hydrogen-bond donors (Lipinski definition) is 2. The van der Waals surface area contributed by atoms with Crippen LogP contribution in [0.2, 0.25) is 0 Å². The summed E-state index contributed by atoms with van der Waals surface area (Å²) in [6.07, 6.45) is 5.31. The van der Waals surface area contributed by atoms with Gasteiger partial charge in [0.1, 0.15) is 28.0 Å². The Balaban J connectivity index is 1.70. The summed E-state index contributed by atoms with van der Waals surface area (Å²) in [6, 6.07) is 15.3. The van der Waals surface area contributed by atoms with Gasteiger partial charge in [-0.3, -0.25) is 19.4 Å². The molecule has 0 amide bonds. The van der Waals surface area contributed by atoms with Crippen molar-refractivity contribution in [2.75, 3.05) is 6.61 Å². The van der Waals surface area contributed by atoms with E-state index >= 15 is 0 Å². The van der Waals surface area contributed by atoms with E-state index in [1.807, 2.05) is 6.92 Å². The Bertz CT molecular complexity index is 1610. The lowest BCUT2D eigenvalue weighted by molar-refractivity contribution is 0.103. The van der Waals surface area contributed by atoms with E-state index in [0.29, 0.717) is 34.7 Å². The van der Waals surface area contributed by atoms with Crippen LogP contribution in [-0.2, 0) is 0 Å². The van der Waals surface area contributed by atoms with Crippen LogP contribution in [0.1, 0.15) is 40.5 Å². The maximum Gasteiger partial charge on any atom is 0.272 e. The number of aromatic nitrogens is 3. The van der Waals surface area contributed by atoms with Crippen LogP contribution in [-0.4, -0.2) is 27.3 Å². The van der Waals surface area contributed by atoms with Crippen LogP contribution in [0.15, 0.2) is 76.4 Å². The van der Waals surface area contributed by atoms with E-state index in [4.69, 9.17) is 4.74 Å². The molecule has 0 saturated heterocycles. The summed E-state index contributed by atoms with van der Waals surface area (Å²) in [5.74, 6) is -0.211. The SMILES string of the molecule is CCCOc1cccnc1C=c1[nH]c(=O)c(=Cc2cccc(C(=O)c3ccc(F)cc3)c2)[nH]c1=O. The number of carbonyl (C=O) groups is 1. The summed E-state index contributed by atoms with van der Waals surface area (Å²) in [5.41, 5.74) is 0.636. The summed E-state index contributed by atoms with van der Waals surface area (Å²) >= 11 is 0. The number of nitrogens with one attached hydrogen (secondary N) is 2. The molecule has 0 aliphatic carbocycles. The zero-order valence-corrected chi connectivity index (χ0v) is 18.9. The van der Waals surface area contributed by atoms with Gasteiger partial charge in [-0.25, -0.2) is 4.39 Å². The monoisotopic (exact) mass is 471 g/mol. The van der Waals surface area contributed by atoms with Gasteiger partial charge in [0, 0.05) is 17.3 Å². The summed E-state index contributed by atoms with van der Waals surface area (Å²) in [4.78, 5) is 47.5. The number of pyridine rings is 1. The fraction of sp³-hybridized carbons (Fsp3) is 0.111. The first-order valence-corrected chi connectivity index (χ1v) is 11.0. The molecule has 0 radical (unpaired) electrons. The molecule has 0 spiro atoms. The topological polar surface area (TPSA) is 105 Å². The van der Waals surface area contributed by atoms with Gasteiger partial charge in [0.05, 0.1) is 6.61 Å². The molecule has 0 saturated carbocycles. The van der Waals surface area contributed by atoms with E-state index < -0.39 is 16.9 Å². The maximum absolute atomic E-state index is 13.2. The molecule has 176 valence electrons. The molecular weight excluding hydrogens is 449 g/mol. The van der Waals surface area contributed by atoms with E-state index in [-0.39, 0.29) is 16.5 Å². The zero-order valence-electron chi connectivity index (χ0n) is 18.9. The standard InChI is InChI=1S/C27H22FN3O4/c1-2-13-35-24-7-4-12-29-21(24)16-23-27(34)30-22(26(33)31-23)15-17-5-3-6-19(14-17)25(32)18-8-10-20(28)11-9-18/h3-12,14-16H,2,13H2,1H3,(H,30,34)(H,31,33). The normalized spacial score (nSPS) is 12.1. The third-order valence-corrected chi connectivity index (χ3v) is 5.09. The van der Waals surface area contributed by atoms with Gasteiger partial charge in [-0.2, -0.15) is 0 Å². The second-order valence-electron chi connectivity index (χ2n) is 7.72. The first kappa shape index (κ1) is 23.6. The molecule has 0 fully saturated rings. The fourth-order valence-electron chi connectivity index (χ4n) is 3.38. The van der Waals surface area contributed by atoms with E-state index in [0.717, 1.165) is 6.42 Å². The Morgan fingerprint density at radius 2 is 1.66 bits per heavy atom. The molecule has 4 rings (SSSR count). The van der Waals surface area contributed by atoms with Crippen LogP contribution in [0.4, 0.5) is 4.39 Å². The Hall–Kier alpha value is -4.59. The van der Waals surface area contributed by atoms with Crippen molar-refractivity contribution in [2.24, 2.45) is 0 Å². The highest BCUT2D eigenvalue weighted by atomic mass is 19.1. The molecular formula is C27H22FN3O4. The molecule has 0 unspecified atom stereocenters. The molecule has 0 aliphatic rings. The largest absolute Gasteiger partial charge is 0.491 e. The number of rotatable bonds is 7. The second-order valence-corrected chi connectivity index (χ2v) is 7.72. The number of H-pyrrole nitrogens is 2. The van der Waals surface area contributed by atoms with Crippen LogP contribution in [0.3, 0.4) is 0 Å². The second kappa shape index (κ2) is 10.6. The molecule has 0 bridgehead atoms. The van der Waals surface area contributed by atoms with Crippen molar-refractivity contribution in [1.29, 1.82) is 0 Å². The first-order valence-electron chi connectivity index (χ1n) is 11.0. The third-order valence-electron chi connectivity index (χ3n) is 5.09. The lowest BCUT2D eigenvalue weighted by Crippen LogP contribution is -2.46. The third kappa shape index (κ3) is 5.67. The van der Waals surface area contributed by atoms with Crippen LogP contribution in [0, 0.1) is 5.82 Å². The molecule has 0 atom stereocenters. The predicted octanol–water partition coefficient (Wildman–Crippen LogP) is 2.27. The lowest BCUT2D eigenvalue weighted by atomic mass is 10.0. The number of nitrogens with zero attached hydrogens (tertiary/aromatic N) is 1. The van der Waals surface area contributed by atoms with E-state index in [9.17, 15) is 18.8 Å². The van der Waals surface area contributed by atoms with Gasteiger partial charge < -0.3 is 14.7 Å².